The van der Waals surface area contributed by atoms with E-state index in [1.165, 1.54) is 17.0 Å². The molecular weight excluding hydrogens is 394 g/mol. The number of aliphatic carboxylic acids is 1. The first kappa shape index (κ1) is 22.2. The maximum Gasteiger partial charge on any atom is 0.326 e. The van der Waals surface area contributed by atoms with Crippen molar-refractivity contribution < 1.29 is 19.8 Å². The molecule has 162 valence electrons. The molecule has 1 heterocycles. The maximum atomic E-state index is 13.5. The monoisotopic (exact) mass is 421 g/mol. The standard InChI is InChI=1S/C24H27N3O4/c25-16-20-7-5-6-19(14-20)15-22(23(29)30)27(17-18-8-10-21(28)11-9-18)24(31)26-12-3-1-2-4-13-26/h5-11,14,22,28H,1-4,12-13,15,17H2,(H,29,30)/t22-/m1/s1. The van der Waals surface area contributed by atoms with Crippen LogP contribution in [0.25, 0.3) is 0 Å². The Kier molecular flexibility index (Phi) is 7.50. The number of aromatic hydroxyl groups is 1. The highest BCUT2D eigenvalue weighted by Crippen LogP contribution is 2.20. The predicted octanol–water partition coefficient (Wildman–Crippen LogP) is 3.76. The van der Waals surface area contributed by atoms with Gasteiger partial charge >= 0.3 is 12.0 Å². The van der Waals surface area contributed by atoms with Gasteiger partial charge in [-0.15, -0.1) is 0 Å². The van der Waals surface area contributed by atoms with Gasteiger partial charge < -0.3 is 20.0 Å². The molecule has 0 unspecified atom stereocenters. The minimum atomic E-state index is -1.09. The number of rotatable bonds is 6. The van der Waals surface area contributed by atoms with Crippen molar-refractivity contribution in [3.63, 3.8) is 0 Å². The van der Waals surface area contributed by atoms with E-state index in [9.17, 15) is 19.8 Å². The molecule has 0 spiro atoms. The minimum Gasteiger partial charge on any atom is -0.508 e. The van der Waals surface area contributed by atoms with Gasteiger partial charge in [0.05, 0.1) is 11.6 Å². The van der Waals surface area contributed by atoms with Crippen LogP contribution in [0.3, 0.4) is 0 Å². The van der Waals surface area contributed by atoms with E-state index in [0.717, 1.165) is 31.2 Å². The lowest BCUT2D eigenvalue weighted by Gasteiger charge is -2.34. The molecule has 0 saturated carbocycles. The van der Waals surface area contributed by atoms with Crippen LogP contribution in [-0.4, -0.2) is 51.1 Å². The zero-order valence-electron chi connectivity index (χ0n) is 17.4. The summed E-state index contributed by atoms with van der Waals surface area (Å²) >= 11 is 0. The lowest BCUT2D eigenvalue weighted by atomic mass is 10.0. The van der Waals surface area contributed by atoms with Crippen LogP contribution in [0.5, 0.6) is 5.75 Å². The summed E-state index contributed by atoms with van der Waals surface area (Å²) in [5, 5.41) is 28.8. The second-order valence-electron chi connectivity index (χ2n) is 7.85. The SMILES string of the molecule is N#Cc1cccc(C[C@H](C(=O)O)N(Cc2ccc(O)cc2)C(=O)N2CCCCCC2)c1. The van der Waals surface area contributed by atoms with E-state index in [0.29, 0.717) is 24.2 Å². The number of carbonyl (C=O) groups excluding carboxylic acids is 1. The number of phenolic OH excluding ortho intramolecular Hbond substituents is 1. The Morgan fingerprint density at radius 1 is 1.03 bits per heavy atom. The Bertz CT molecular complexity index is 944. The molecule has 0 aliphatic carbocycles. The largest absolute Gasteiger partial charge is 0.508 e. The van der Waals surface area contributed by atoms with Crippen molar-refractivity contribution >= 4 is 12.0 Å². The molecule has 1 aliphatic heterocycles. The van der Waals surface area contributed by atoms with Crippen molar-refractivity contribution in [2.45, 2.75) is 44.7 Å². The molecule has 0 bridgehead atoms. The van der Waals surface area contributed by atoms with Gasteiger partial charge in [-0.1, -0.05) is 37.1 Å². The Morgan fingerprint density at radius 3 is 2.32 bits per heavy atom. The fourth-order valence-corrected chi connectivity index (χ4v) is 3.87. The lowest BCUT2D eigenvalue weighted by molar-refractivity contribution is -0.142. The highest BCUT2D eigenvalue weighted by Gasteiger charge is 2.33. The molecule has 1 atom stereocenters. The molecule has 0 radical (unpaired) electrons. The van der Waals surface area contributed by atoms with E-state index in [2.05, 4.69) is 6.07 Å². The number of nitrogens with zero attached hydrogens (tertiary/aromatic N) is 3. The third-order valence-electron chi connectivity index (χ3n) is 5.56. The summed E-state index contributed by atoms with van der Waals surface area (Å²) in [5.41, 5.74) is 1.87. The van der Waals surface area contributed by atoms with Gasteiger partial charge in [-0.3, -0.25) is 0 Å². The number of hydrogen-bond acceptors (Lipinski definition) is 4. The molecule has 3 rings (SSSR count). The van der Waals surface area contributed by atoms with Crippen molar-refractivity contribution in [1.82, 2.24) is 9.80 Å². The topological polar surface area (TPSA) is 105 Å². The molecule has 1 saturated heterocycles. The van der Waals surface area contributed by atoms with Crippen molar-refractivity contribution in [3.8, 4) is 11.8 Å². The summed E-state index contributed by atoms with van der Waals surface area (Å²) < 4.78 is 0. The number of benzene rings is 2. The van der Waals surface area contributed by atoms with E-state index >= 15 is 0 Å². The molecule has 1 fully saturated rings. The number of amides is 2. The number of carboxylic acid groups (broad SMARTS) is 1. The lowest BCUT2D eigenvalue weighted by Crippen LogP contribution is -2.51. The minimum absolute atomic E-state index is 0.0997. The van der Waals surface area contributed by atoms with Gasteiger partial charge in [-0.2, -0.15) is 5.26 Å². The summed E-state index contributed by atoms with van der Waals surface area (Å²) in [6.07, 6.45) is 4.03. The first-order valence-corrected chi connectivity index (χ1v) is 10.5. The fourth-order valence-electron chi connectivity index (χ4n) is 3.87. The van der Waals surface area contributed by atoms with Crippen LogP contribution in [0.1, 0.15) is 42.4 Å². The maximum absolute atomic E-state index is 13.5. The number of carbonyl (C=O) groups is 2. The summed E-state index contributed by atoms with van der Waals surface area (Å²) in [5.74, 6) is -0.985. The predicted molar refractivity (Wildman–Crippen MR) is 115 cm³/mol. The molecule has 2 aromatic rings. The first-order chi connectivity index (χ1) is 15.0. The number of likely N-dealkylation sites (tertiary alicyclic amines) is 1. The number of nitriles is 1. The summed E-state index contributed by atoms with van der Waals surface area (Å²) in [6.45, 7) is 1.34. The van der Waals surface area contributed by atoms with Gasteiger partial charge in [0.1, 0.15) is 11.8 Å². The molecular formula is C24H27N3O4. The van der Waals surface area contributed by atoms with Gasteiger partial charge in [0.2, 0.25) is 0 Å². The summed E-state index contributed by atoms with van der Waals surface area (Å²) in [4.78, 5) is 28.9. The average molecular weight is 421 g/mol. The molecule has 31 heavy (non-hydrogen) atoms. The Labute approximate surface area is 182 Å². The van der Waals surface area contributed by atoms with E-state index < -0.39 is 12.0 Å². The normalized spacial score (nSPS) is 14.9. The van der Waals surface area contributed by atoms with Crippen molar-refractivity contribution in [2.75, 3.05) is 13.1 Å². The number of hydrogen-bond donors (Lipinski definition) is 2. The van der Waals surface area contributed by atoms with Gasteiger partial charge in [0, 0.05) is 26.1 Å². The smallest absolute Gasteiger partial charge is 0.326 e. The van der Waals surface area contributed by atoms with Crippen molar-refractivity contribution in [1.29, 1.82) is 5.26 Å². The quantitative estimate of drug-likeness (QED) is 0.739. The molecule has 2 aromatic carbocycles. The van der Waals surface area contributed by atoms with Gasteiger partial charge in [0.15, 0.2) is 0 Å². The van der Waals surface area contributed by atoms with Crippen molar-refractivity contribution in [3.05, 3.63) is 65.2 Å². The Balaban J connectivity index is 1.91. The molecule has 2 N–H and O–H groups in total. The molecule has 1 aliphatic rings. The third-order valence-corrected chi connectivity index (χ3v) is 5.56. The number of carboxylic acids is 1. The second-order valence-corrected chi connectivity index (χ2v) is 7.85. The van der Waals surface area contributed by atoms with E-state index in [4.69, 9.17) is 5.26 Å². The van der Waals surface area contributed by atoms with Gasteiger partial charge in [-0.25, -0.2) is 9.59 Å². The third kappa shape index (κ3) is 5.98. The van der Waals surface area contributed by atoms with Crippen LogP contribution in [0, 0.1) is 11.3 Å². The zero-order chi connectivity index (χ0) is 22.2. The molecule has 0 aromatic heterocycles. The molecule has 2 amide bonds. The van der Waals surface area contributed by atoms with Crippen LogP contribution in [0.4, 0.5) is 4.79 Å². The van der Waals surface area contributed by atoms with Gasteiger partial charge in [-0.05, 0) is 48.2 Å². The first-order valence-electron chi connectivity index (χ1n) is 10.5. The van der Waals surface area contributed by atoms with Gasteiger partial charge in [0.25, 0.3) is 0 Å². The highest BCUT2D eigenvalue weighted by molar-refractivity contribution is 5.83. The van der Waals surface area contributed by atoms with Crippen molar-refractivity contribution in [2.24, 2.45) is 0 Å². The van der Waals surface area contributed by atoms with Crippen LogP contribution < -0.4 is 0 Å². The van der Waals surface area contributed by atoms with Crippen LogP contribution >= 0.6 is 0 Å². The number of phenols is 1. The van der Waals surface area contributed by atoms with E-state index in [1.807, 2.05) is 0 Å². The van der Waals surface area contributed by atoms with E-state index in [-0.39, 0.29) is 24.7 Å². The van der Waals surface area contributed by atoms with Crippen LogP contribution in [0.2, 0.25) is 0 Å². The molecule has 7 nitrogen and oxygen atoms in total. The summed E-state index contributed by atoms with van der Waals surface area (Å²) in [6, 6.07) is 13.9. The highest BCUT2D eigenvalue weighted by atomic mass is 16.4. The molecule has 7 heteroatoms. The Hall–Kier alpha value is -3.53. The zero-order valence-corrected chi connectivity index (χ0v) is 17.4. The summed E-state index contributed by atoms with van der Waals surface area (Å²) in [7, 11) is 0. The average Bonchev–Trinajstić information content (AvgIpc) is 3.06. The second kappa shape index (κ2) is 10.5. The van der Waals surface area contributed by atoms with Crippen LogP contribution in [0.15, 0.2) is 48.5 Å². The fraction of sp³-hybridized carbons (Fsp3) is 0.375. The van der Waals surface area contributed by atoms with E-state index in [1.54, 1.807) is 41.3 Å². The van der Waals surface area contributed by atoms with Crippen LogP contribution in [-0.2, 0) is 17.8 Å². The Morgan fingerprint density at radius 2 is 1.71 bits per heavy atom. The number of urea groups is 1.